The summed E-state index contributed by atoms with van der Waals surface area (Å²) >= 11 is 1.69. The summed E-state index contributed by atoms with van der Waals surface area (Å²) in [5, 5.41) is 9.69. The van der Waals surface area contributed by atoms with E-state index in [9.17, 15) is 9.18 Å². The zero-order valence-electron chi connectivity index (χ0n) is 18.1. The number of thiazole rings is 1. The van der Waals surface area contributed by atoms with Crippen molar-refractivity contribution in [1.82, 2.24) is 15.6 Å². The van der Waals surface area contributed by atoms with Crippen molar-refractivity contribution in [3.63, 3.8) is 0 Å². The van der Waals surface area contributed by atoms with Gasteiger partial charge in [-0.15, -0.1) is 11.3 Å². The lowest BCUT2D eigenvalue weighted by molar-refractivity contribution is -0.120. The summed E-state index contributed by atoms with van der Waals surface area (Å²) < 4.78 is 13.2. The Kier molecular flexibility index (Phi) is 7.85. The highest BCUT2D eigenvalue weighted by Crippen LogP contribution is 2.21. The maximum absolute atomic E-state index is 13.2. The number of carbonyl (C=O) groups is 1. The van der Waals surface area contributed by atoms with E-state index in [1.54, 1.807) is 17.4 Å². The monoisotopic (exact) mass is 452 g/mol. The van der Waals surface area contributed by atoms with Crippen LogP contribution in [0, 0.1) is 5.82 Å². The fourth-order valence-corrected chi connectivity index (χ4v) is 4.59. The summed E-state index contributed by atoms with van der Waals surface area (Å²) in [6, 6.07) is 15.3. The van der Waals surface area contributed by atoms with Crippen LogP contribution in [0.4, 0.5) is 10.1 Å². The Morgan fingerprint density at radius 3 is 2.66 bits per heavy atom. The first-order valence-corrected chi connectivity index (χ1v) is 12.0. The van der Waals surface area contributed by atoms with E-state index in [4.69, 9.17) is 0 Å². The first kappa shape index (κ1) is 22.4. The van der Waals surface area contributed by atoms with Crippen molar-refractivity contribution in [3.8, 4) is 0 Å². The molecule has 0 spiro atoms. The third-order valence-electron chi connectivity index (χ3n) is 5.81. The predicted octanol–water partition coefficient (Wildman–Crippen LogP) is 3.94. The smallest absolute Gasteiger partial charge is 0.224 e. The quantitative estimate of drug-likeness (QED) is 0.516. The van der Waals surface area contributed by atoms with Crippen LogP contribution in [0.1, 0.15) is 29.0 Å². The maximum Gasteiger partial charge on any atom is 0.224 e. The fourth-order valence-electron chi connectivity index (χ4n) is 4.02. The van der Waals surface area contributed by atoms with Gasteiger partial charge in [-0.05, 0) is 54.7 Å². The van der Waals surface area contributed by atoms with Gasteiger partial charge < -0.3 is 15.5 Å². The summed E-state index contributed by atoms with van der Waals surface area (Å²) in [6.07, 6.45) is 5.05. The second-order valence-electron chi connectivity index (χ2n) is 8.14. The molecule has 1 aliphatic rings. The molecule has 0 bridgehead atoms. The zero-order valence-corrected chi connectivity index (χ0v) is 18.9. The predicted molar refractivity (Wildman–Crippen MR) is 127 cm³/mol. The van der Waals surface area contributed by atoms with Crippen molar-refractivity contribution in [2.45, 2.75) is 38.3 Å². The second kappa shape index (κ2) is 11.2. The number of halogens is 1. The number of benzene rings is 2. The molecule has 1 aromatic heterocycles. The van der Waals surface area contributed by atoms with Crippen LogP contribution in [-0.4, -0.2) is 36.6 Å². The molecule has 168 valence electrons. The molecule has 7 heteroatoms. The molecule has 0 atom stereocenters. The van der Waals surface area contributed by atoms with E-state index >= 15 is 0 Å². The van der Waals surface area contributed by atoms with Gasteiger partial charge in [0.25, 0.3) is 0 Å². The summed E-state index contributed by atoms with van der Waals surface area (Å²) in [7, 11) is 0. The van der Waals surface area contributed by atoms with E-state index < -0.39 is 0 Å². The van der Waals surface area contributed by atoms with Gasteiger partial charge in [0.2, 0.25) is 5.91 Å². The zero-order chi connectivity index (χ0) is 22.2. The van der Waals surface area contributed by atoms with Crippen LogP contribution in [0.3, 0.4) is 0 Å². The number of hydrogen-bond donors (Lipinski definition) is 2. The van der Waals surface area contributed by atoms with Crippen LogP contribution in [-0.2, 0) is 24.2 Å². The summed E-state index contributed by atoms with van der Waals surface area (Å²) in [4.78, 5) is 19.0. The van der Waals surface area contributed by atoms with Gasteiger partial charge >= 0.3 is 0 Å². The average molecular weight is 453 g/mol. The highest BCUT2D eigenvalue weighted by molar-refractivity contribution is 7.09. The molecule has 32 heavy (non-hydrogen) atoms. The van der Waals surface area contributed by atoms with Crippen LogP contribution >= 0.6 is 11.3 Å². The van der Waals surface area contributed by atoms with Gasteiger partial charge in [-0.25, -0.2) is 9.37 Å². The first-order chi connectivity index (χ1) is 15.7. The van der Waals surface area contributed by atoms with Gasteiger partial charge in [-0.3, -0.25) is 4.79 Å². The van der Waals surface area contributed by atoms with Crippen molar-refractivity contribution >= 4 is 22.9 Å². The van der Waals surface area contributed by atoms with Crippen molar-refractivity contribution in [3.05, 3.63) is 82.1 Å². The van der Waals surface area contributed by atoms with Crippen molar-refractivity contribution in [2.24, 2.45) is 0 Å². The summed E-state index contributed by atoms with van der Waals surface area (Å²) in [6.45, 7) is 3.40. The van der Waals surface area contributed by atoms with Crippen LogP contribution < -0.4 is 15.5 Å². The normalized spacial score (nSPS) is 14.5. The fraction of sp³-hybridized carbons (Fsp3) is 0.360. The lowest BCUT2D eigenvalue weighted by atomic mass is 10.0. The number of carbonyl (C=O) groups excluding carboxylic acids is 1. The highest BCUT2D eigenvalue weighted by Gasteiger charge is 2.19. The van der Waals surface area contributed by atoms with Gasteiger partial charge in [0.1, 0.15) is 10.8 Å². The molecule has 2 heterocycles. The lowest BCUT2D eigenvalue weighted by Crippen LogP contribution is -2.42. The van der Waals surface area contributed by atoms with Crippen LogP contribution in [0.25, 0.3) is 0 Å². The molecule has 2 N–H and O–H groups in total. The van der Waals surface area contributed by atoms with E-state index in [-0.39, 0.29) is 11.7 Å². The highest BCUT2D eigenvalue weighted by atomic mass is 32.1. The maximum atomic E-state index is 13.2. The van der Waals surface area contributed by atoms with Gasteiger partial charge in [-0.1, -0.05) is 24.3 Å². The molecule has 5 nitrogen and oxygen atoms in total. The van der Waals surface area contributed by atoms with Gasteiger partial charge in [0.05, 0.1) is 6.42 Å². The van der Waals surface area contributed by atoms with E-state index in [1.807, 2.05) is 29.8 Å². The minimum absolute atomic E-state index is 0.0127. The van der Waals surface area contributed by atoms with Crippen molar-refractivity contribution < 1.29 is 9.18 Å². The Bertz CT molecular complexity index is 985. The number of rotatable bonds is 9. The third-order valence-corrected chi connectivity index (χ3v) is 6.59. The number of hydrogen-bond acceptors (Lipinski definition) is 5. The average Bonchev–Trinajstić information content (AvgIpc) is 3.32. The minimum Gasteiger partial charge on any atom is -0.371 e. The Hall–Kier alpha value is -2.77. The van der Waals surface area contributed by atoms with Crippen LogP contribution in [0.5, 0.6) is 0 Å². The Labute approximate surface area is 192 Å². The van der Waals surface area contributed by atoms with E-state index in [2.05, 4.69) is 32.7 Å². The van der Waals surface area contributed by atoms with Gasteiger partial charge in [0.15, 0.2) is 0 Å². The molecular weight excluding hydrogens is 423 g/mol. The van der Waals surface area contributed by atoms with Crippen molar-refractivity contribution in [1.29, 1.82) is 0 Å². The first-order valence-electron chi connectivity index (χ1n) is 11.1. The van der Waals surface area contributed by atoms with Gasteiger partial charge in [-0.2, -0.15) is 0 Å². The Morgan fingerprint density at radius 1 is 1.12 bits per heavy atom. The van der Waals surface area contributed by atoms with Crippen LogP contribution in [0.15, 0.2) is 60.1 Å². The molecule has 1 saturated heterocycles. The minimum atomic E-state index is -0.245. The van der Waals surface area contributed by atoms with E-state index in [0.29, 0.717) is 25.4 Å². The topological polar surface area (TPSA) is 57.3 Å². The number of aromatic nitrogens is 1. The molecule has 3 aromatic rings. The summed E-state index contributed by atoms with van der Waals surface area (Å²) in [5.41, 5.74) is 3.09. The standard InChI is InChI=1S/C25H29FN4OS/c26-21-3-1-2-19(16-21)8-11-27-24(31)17-20-4-6-23(7-5-20)30-13-9-22(10-14-30)29-18-25-28-12-15-32-25/h1-7,12,15-16,22,29H,8-11,13-14,17-18H2,(H,27,31). The number of amides is 1. The SMILES string of the molecule is O=C(Cc1ccc(N2CCC(NCc3nccs3)CC2)cc1)NCCc1cccc(F)c1. The Morgan fingerprint density at radius 2 is 1.94 bits per heavy atom. The Balaban J connectivity index is 1.17. The molecule has 1 amide bonds. The van der Waals surface area contributed by atoms with Crippen molar-refractivity contribution in [2.75, 3.05) is 24.5 Å². The number of nitrogens with one attached hydrogen (secondary N) is 2. The second-order valence-corrected chi connectivity index (χ2v) is 9.12. The molecule has 2 aromatic carbocycles. The van der Waals surface area contributed by atoms with Gasteiger partial charge in [0, 0.05) is 49.5 Å². The molecular formula is C25H29FN4OS. The van der Waals surface area contributed by atoms with E-state index in [1.165, 1.54) is 17.8 Å². The lowest BCUT2D eigenvalue weighted by Gasteiger charge is -2.34. The number of piperidine rings is 1. The number of nitrogens with zero attached hydrogens (tertiary/aromatic N) is 2. The molecule has 0 unspecified atom stereocenters. The largest absolute Gasteiger partial charge is 0.371 e. The molecule has 4 rings (SSSR count). The number of anilines is 1. The van der Waals surface area contributed by atoms with Crippen LogP contribution in [0.2, 0.25) is 0 Å². The summed E-state index contributed by atoms with van der Waals surface area (Å²) in [5.74, 6) is -0.258. The van der Waals surface area contributed by atoms with E-state index in [0.717, 1.165) is 48.6 Å². The molecule has 0 saturated carbocycles. The molecule has 0 aliphatic carbocycles. The molecule has 1 aliphatic heterocycles. The third kappa shape index (κ3) is 6.61. The molecule has 0 radical (unpaired) electrons. The molecule has 1 fully saturated rings.